The SMILES string of the molecule is C=CCCC[CH]CCC. The lowest BCUT2D eigenvalue weighted by atomic mass is 10.1. The van der Waals surface area contributed by atoms with Crippen molar-refractivity contribution in [1.29, 1.82) is 0 Å². The summed E-state index contributed by atoms with van der Waals surface area (Å²) >= 11 is 0. The second-order valence-electron chi connectivity index (χ2n) is 2.30. The third-order valence-corrected chi connectivity index (χ3v) is 1.31. The standard InChI is InChI=1S/C9H17/c1-3-5-7-9-8-6-4-2/h3,8H,1,4-7,9H2,2H3. The molecule has 0 aromatic carbocycles. The van der Waals surface area contributed by atoms with E-state index in [4.69, 9.17) is 0 Å². The lowest BCUT2D eigenvalue weighted by molar-refractivity contribution is 0.763. The Labute approximate surface area is 59.0 Å². The van der Waals surface area contributed by atoms with Gasteiger partial charge in [-0.25, -0.2) is 0 Å². The first-order valence-electron chi connectivity index (χ1n) is 3.84. The Morgan fingerprint density at radius 1 is 1.22 bits per heavy atom. The molecule has 0 amide bonds. The smallest absolute Gasteiger partial charge is 0.0353 e. The zero-order valence-electron chi connectivity index (χ0n) is 6.40. The molecular formula is C9H17. The van der Waals surface area contributed by atoms with Crippen LogP contribution < -0.4 is 0 Å². The van der Waals surface area contributed by atoms with Gasteiger partial charge in [-0.15, -0.1) is 6.58 Å². The number of rotatable bonds is 6. The van der Waals surface area contributed by atoms with Crippen molar-refractivity contribution in [2.75, 3.05) is 0 Å². The van der Waals surface area contributed by atoms with Crippen molar-refractivity contribution in [2.45, 2.75) is 39.0 Å². The zero-order chi connectivity index (χ0) is 6.95. The number of allylic oxidation sites excluding steroid dienone is 1. The Hall–Kier alpha value is -0.260. The predicted octanol–water partition coefficient (Wildman–Crippen LogP) is 3.35. The topological polar surface area (TPSA) is 0 Å². The molecule has 0 aliphatic heterocycles. The van der Waals surface area contributed by atoms with E-state index in [-0.39, 0.29) is 0 Å². The summed E-state index contributed by atoms with van der Waals surface area (Å²) in [6, 6.07) is 0. The van der Waals surface area contributed by atoms with Crippen LogP contribution in [0.5, 0.6) is 0 Å². The van der Waals surface area contributed by atoms with E-state index in [1.807, 2.05) is 6.08 Å². The van der Waals surface area contributed by atoms with Gasteiger partial charge >= 0.3 is 0 Å². The molecule has 0 heteroatoms. The summed E-state index contributed by atoms with van der Waals surface area (Å²) in [7, 11) is 0. The van der Waals surface area contributed by atoms with E-state index in [9.17, 15) is 0 Å². The summed E-state index contributed by atoms with van der Waals surface area (Å²) in [6.45, 7) is 5.88. The molecule has 0 rings (SSSR count). The van der Waals surface area contributed by atoms with Crippen molar-refractivity contribution in [3.8, 4) is 0 Å². The number of hydrogen-bond donors (Lipinski definition) is 0. The maximum Gasteiger partial charge on any atom is -0.0353 e. The van der Waals surface area contributed by atoms with E-state index in [1.165, 1.54) is 32.1 Å². The van der Waals surface area contributed by atoms with Gasteiger partial charge in [0.05, 0.1) is 0 Å². The fourth-order valence-corrected chi connectivity index (χ4v) is 0.755. The van der Waals surface area contributed by atoms with E-state index >= 15 is 0 Å². The van der Waals surface area contributed by atoms with Crippen molar-refractivity contribution in [2.24, 2.45) is 0 Å². The van der Waals surface area contributed by atoms with Gasteiger partial charge in [0.2, 0.25) is 0 Å². The average molecular weight is 125 g/mol. The molecule has 0 aromatic heterocycles. The van der Waals surface area contributed by atoms with Gasteiger partial charge in [0.15, 0.2) is 0 Å². The third kappa shape index (κ3) is 7.74. The Balaban J connectivity index is 2.66. The van der Waals surface area contributed by atoms with Crippen LogP contribution in [0.25, 0.3) is 0 Å². The highest BCUT2D eigenvalue weighted by Crippen LogP contribution is 2.03. The Bertz CT molecular complexity index is 55.1. The molecule has 0 heterocycles. The van der Waals surface area contributed by atoms with Crippen molar-refractivity contribution in [3.63, 3.8) is 0 Å². The van der Waals surface area contributed by atoms with E-state index < -0.39 is 0 Å². The van der Waals surface area contributed by atoms with Crippen LogP contribution in [0.2, 0.25) is 0 Å². The van der Waals surface area contributed by atoms with Crippen LogP contribution in [0.15, 0.2) is 12.7 Å². The minimum Gasteiger partial charge on any atom is -0.103 e. The number of unbranched alkanes of at least 4 members (excludes halogenated alkanes) is 5. The average Bonchev–Trinajstić information content (AvgIpc) is 1.89. The third-order valence-electron chi connectivity index (χ3n) is 1.31. The maximum absolute atomic E-state index is 3.66. The van der Waals surface area contributed by atoms with Gasteiger partial charge in [-0.2, -0.15) is 0 Å². The summed E-state index contributed by atoms with van der Waals surface area (Å²) in [5.41, 5.74) is 0. The van der Waals surface area contributed by atoms with Crippen molar-refractivity contribution < 1.29 is 0 Å². The van der Waals surface area contributed by atoms with Crippen LogP contribution in [0.1, 0.15) is 39.0 Å². The molecule has 53 valence electrons. The molecule has 0 aromatic rings. The summed E-state index contributed by atoms with van der Waals surface area (Å²) < 4.78 is 0. The van der Waals surface area contributed by atoms with Crippen LogP contribution >= 0.6 is 0 Å². The Morgan fingerprint density at radius 3 is 2.56 bits per heavy atom. The zero-order valence-corrected chi connectivity index (χ0v) is 6.40. The fourth-order valence-electron chi connectivity index (χ4n) is 0.755. The molecule has 0 aliphatic rings. The van der Waals surface area contributed by atoms with Gasteiger partial charge in [-0.05, 0) is 25.7 Å². The minimum atomic E-state index is 1.17. The lowest BCUT2D eigenvalue weighted by Gasteiger charge is -1.94. The molecule has 0 saturated carbocycles. The second kappa shape index (κ2) is 7.74. The van der Waals surface area contributed by atoms with Crippen molar-refractivity contribution in [1.82, 2.24) is 0 Å². The normalized spacial score (nSPS) is 9.44. The van der Waals surface area contributed by atoms with E-state index in [1.54, 1.807) is 0 Å². The van der Waals surface area contributed by atoms with Gasteiger partial charge in [-0.3, -0.25) is 0 Å². The van der Waals surface area contributed by atoms with Gasteiger partial charge in [-0.1, -0.05) is 25.8 Å². The highest BCUT2D eigenvalue weighted by Gasteiger charge is 1.84. The van der Waals surface area contributed by atoms with Gasteiger partial charge in [0, 0.05) is 0 Å². The largest absolute Gasteiger partial charge is 0.103 e. The molecule has 0 unspecified atom stereocenters. The first-order valence-corrected chi connectivity index (χ1v) is 3.84. The molecule has 1 radical (unpaired) electrons. The first kappa shape index (κ1) is 8.74. The van der Waals surface area contributed by atoms with Crippen LogP contribution in [0, 0.1) is 6.42 Å². The monoisotopic (exact) mass is 125 g/mol. The van der Waals surface area contributed by atoms with Crippen LogP contribution in [-0.4, -0.2) is 0 Å². The Kier molecular flexibility index (Phi) is 7.52. The maximum atomic E-state index is 3.66. The molecule has 0 atom stereocenters. The summed E-state index contributed by atoms with van der Waals surface area (Å²) in [4.78, 5) is 0. The molecule has 0 saturated heterocycles. The first-order chi connectivity index (χ1) is 4.41. The lowest BCUT2D eigenvalue weighted by Crippen LogP contribution is -1.76. The summed E-state index contributed by atoms with van der Waals surface area (Å²) in [5, 5.41) is 0. The van der Waals surface area contributed by atoms with E-state index in [0.29, 0.717) is 0 Å². The van der Waals surface area contributed by atoms with Crippen LogP contribution in [0.3, 0.4) is 0 Å². The van der Waals surface area contributed by atoms with Gasteiger partial charge in [0.1, 0.15) is 0 Å². The molecule has 9 heavy (non-hydrogen) atoms. The Morgan fingerprint density at radius 2 is 2.00 bits per heavy atom. The van der Waals surface area contributed by atoms with Crippen LogP contribution in [-0.2, 0) is 0 Å². The fraction of sp³-hybridized carbons (Fsp3) is 0.667. The second-order valence-corrected chi connectivity index (χ2v) is 2.30. The molecular weight excluding hydrogens is 108 g/mol. The molecule has 0 aliphatic carbocycles. The molecule has 0 spiro atoms. The molecule has 0 fully saturated rings. The van der Waals surface area contributed by atoms with Crippen molar-refractivity contribution >= 4 is 0 Å². The van der Waals surface area contributed by atoms with Gasteiger partial charge in [0.25, 0.3) is 0 Å². The van der Waals surface area contributed by atoms with Crippen molar-refractivity contribution in [3.05, 3.63) is 19.1 Å². The molecule has 0 N–H and O–H groups in total. The van der Waals surface area contributed by atoms with Crippen LogP contribution in [0.4, 0.5) is 0 Å². The predicted molar refractivity (Wildman–Crippen MR) is 43.3 cm³/mol. The summed E-state index contributed by atoms with van der Waals surface area (Å²) in [6.07, 6.45) is 10.6. The molecule has 0 nitrogen and oxygen atoms in total. The highest BCUT2D eigenvalue weighted by molar-refractivity contribution is 4.70. The van der Waals surface area contributed by atoms with E-state index in [0.717, 1.165) is 0 Å². The van der Waals surface area contributed by atoms with Gasteiger partial charge < -0.3 is 0 Å². The summed E-state index contributed by atoms with van der Waals surface area (Å²) in [5.74, 6) is 0. The molecule has 0 bridgehead atoms. The van der Waals surface area contributed by atoms with E-state index in [2.05, 4.69) is 19.9 Å². The highest BCUT2D eigenvalue weighted by atomic mass is 13.9. The number of hydrogen-bond acceptors (Lipinski definition) is 0. The minimum absolute atomic E-state index is 1.17. The quantitative estimate of drug-likeness (QED) is 0.377.